The van der Waals surface area contributed by atoms with Crippen LogP contribution in [-0.2, 0) is 20.7 Å². The number of carboxylic acids is 1. The molecule has 0 aliphatic carbocycles. The van der Waals surface area contributed by atoms with Crippen molar-refractivity contribution in [3.63, 3.8) is 0 Å². The summed E-state index contributed by atoms with van der Waals surface area (Å²) in [6.45, 7) is 5.83. The fraction of sp³-hybridized carbons (Fsp3) is 0.591. The third-order valence-corrected chi connectivity index (χ3v) is 4.16. The number of benzene rings is 1. The van der Waals surface area contributed by atoms with Crippen LogP contribution in [-0.4, -0.2) is 41.3 Å². The first kappa shape index (κ1) is 24.5. The van der Waals surface area contributed by atoms with Crippen LogP contribution in [0, 0.1) is 0 Å². The molecule has 0 spiro atoms. The van der Waals surface area contributed by atoms with Crippen LogP contribution in [0.2, 0.25) is 0 Å². The predicted molar refractivity (Wildman–Crippen MR) is 112 cm³/mol. The molecule has 0 aromatic heterocycles. The predicted octanol–water partition coefficient (Wildman–Crippen LogP) is 3.66. The first-order valence-electron chi connectivity index (χ1n) is 10.2. The van der Waals surface area contributed by atoms with Crippen molar-refractivity contribution in [2.75, 3.05) is 6.54 Å². The van der Waals surface area contributed by atoms with Gasteiger partial charge >= 0.3 is 12.1 Å². The summed E-state index contributed by atoms with van der Waals surface area (Å²) in [7, 11) is 0. The summed E-state index contributed by atoms with van der Waals surface area (Å²) >= 11 is 0. The summed E-state index contributed by atoms with van der Waals surface area (Å²) in [4.78, 5) is 35.2. The molecule has 0 fully saturated rings. The minimum Gasteiger partial charge on any atom is -0.481 e. The molecular formula is C22H34N2O5. The standard InChI is InChI=1S/C22H34N2O5/c1-22(2,3)29-21(28)24-18(16-17-12-8-7-9-13-17)20(27)23-15-11-6-4-5-10-14-19(25)26/h7-9,12-13,18H,4-6,10-11,14-16H2,1-3H3,(H,23,27)(H,24,28)(H,25,26)/t18-/m0/s1. The Kier molecular flexibility index (Phi) is 10.8. The van der Waals surface area contributed by atoms with Crippen molar-refractivity contribution in [2.45, 2.75) is 77.4 Å². The molecule has 0 radical (unpaired) electrons. The SMILES string of the molecule is CC(C)(C)OC(=O)N[C@@H](Cc1ccccc1)C(=O)NCCCCCCCC(=O)O. The number of aliphatic carboxylic acids is 1. The van der Waals surface area contributed by atoms with E-state index in [0.717, 1.165) is 31.2 Å². The number of carboxylic acid groups (broad SMARTS) is 1. The van der Waals surface area contributed by atoms with Gasteiger partial charge in [0.1, 0.15) is 11.6 Å². The van der Waals surface area contributed by atoms with Gasteiger partial charge < -0.3 is 20.5 Å². The summed E-state index contributed by atoms with van der Waals surface area (Å²) in [5, 5.41) is 14.2. The molecule has 7 nitrogen and oxygen atoms in total. The van der Waals surface area contributed by atoms with Gasteiger partial charge in [0.2, 0.25) is 5.91 Å². The molecule has 162 valence electrons. The van der Waals surface area contributed by atoms with Crippen molar-refractivity contribution in [3.8, 4) is 0 Å². The molecule has 7 heteroatoms. The van der Waals surface area contributed by atoms with Crippen LogP contribution in [0.15, 0.2) is 30.3 Å². The molecular weight excluding hydrogens is 372 g/mol. The monoisotopic (exact) mass is 406 g/mol. The van der Waals surface area contributed by atoms with E-state index in [1.807, 2.05) is 30.3 Å². The highest BCUT2D eigenvalue weighted by molar-refractivity contribution is 5.86. The van der Waals surface area contributed by atoms with E-state index >= 15 is 0 Å². The molecule has 1 atom stereocenters. The maximum atomic E-state index is 12.6. The maximum Gasteiger partial charge on any atom is 0.408 e. The Labute approximate surface area is 173 Å². The lowest BCUT2D eigenvalue weighted by atomic mass is 10.1. The molecule has 1 aromatic rings. The summed E-state index contributed by atoms with van der Waals surface area (Å²) in [6.07, 6.45) is 4.18. The lowest BCUT2D eigenvalue weighted by molar-refractivity contribution is -0.137. The van der Waals surface area contributed by atoms with E-state index in [0.29, 0.717) is 19.4 Å². The molecule has 0 aliphatic rings. The van der Waals surface area contributed by atoms with Crippen molar-refractivity contribution in [2.24, 2.45) is 0 Å². The van der Waals surface area contributed by atoms with Gasteiger partial charge in [-0.1, -0.05) is 49.6 Å². The molecule has 0 heterocycles. The Bertz CT molecular complexity index is 640. The molecule has 29 heavy (non-hydrogen) atoms. The van der Waals surface area contributed by atoms with E-state index in [4.69, 9.17) is 9.84 Å². The summed E-state index contributed by atoms with van der Waals surface area (Å²) in [5.41, 5.74) is 0.306. The number of carbonyl (C=O) groups excluding carboxylic acids is 2. The first-order valence-corrected chi connectivity index (χ1v) is 10.2. The Hall–Kier alpha value is -2.57. The second-order valence-electron chi connectivity index (χ2n) is 8.09. The highest BCUT2D eigenvalue weighted by atomic mass is 16.6. The van der Waals surface area contributed by atoms with Gasteiger partial charge in [-0.3, -0.25) is 9.59 Å². The van der Waals surface area contributed by atoms with Crippen LogP contribution in [0.3, 0.4) is 0 Å². The van der Waals surface area contributed by atoms with Gasteiger partial charge in [-0.2, -0.15) is 0 Å². The first-order chi connectivity index (χ1) is 13.7. The third-order valence-electron chi connectivity index (χ3n) is 4.16. The lowest BCUT2D eigenvalue weighted by Crippen LogP contribution is -2.49. The van der Waals surface area contributed by atoms with Crippen molar-refractivity contribution in [3.05, 3.63) is 35.9 Å². The van der Waals surface area contributed by atoms with Crippen LogP contribution in [0.4, 0.5) is 4.79 Å². The highest BCUT2D eigenvalue weighted by Crippen LogP contribution is 2.09. The molecule has 2 amide bonds. The van der Waals surface area contributed by atoms with Crippen LogP contribution >= 0.6 is 0 Å². The number of carbonyl (C=O) groups is 3. The second-order valence-corrected chi connectivity index (χ2v) is 8.09. The Morgan fingerprint density at radius 2 is 1.62 bits per heavy atom. The van der Waals surface area contributed by atoms with E-state index in [9.17, 15) is 14.4 Å². The quantitative estimate of drug-likeness (QED) is 0.460. The number of rotatable bonds is 12. The second kappa shape index (κ2) is 12.8. The minimum absolute atomic E-state index is 0.203. The number of nitrogens with one attached hydrogen (secondary N) is 2. The Morgan fingerprint density at radius 3 is 2.24 bits per heavy atom. The fourth-order valence-corrected chi connectivity index (χ4v) is 2.78. The van der Waals surface area contributed by atoms with Crippen molar-refractivity contribution < 1.29 is 24.2 Å². The van der Waals surface area contributed by atoms with Gasteiger partial charge in [0.25, 0.3) is 0 Å². The largest absolute Gasteiger partial charge is 0.481 e. The molecule has 0 saturated carbocycles. The number of alkyl carbamates (subject to hydrolysis) is 1. The molecule has 0 bridgehead atoms. The van der Waals surface area contributed by atoms with Gasteiger partial charge in [-0.25, -0.2) is 4.79 Å². The van der Waals surface area contributed by atoms with E-state index < -0.39 is 23.7 Å². The zero-order valence-electron chi connectivity index (χ0n) is 17.7. The maximum absolute atomic E-state index is 12.6. The Balaban J connectivity index is 2.46. The topological polar surface area (TPSA) is 105 Å². The number of hydrogen-bond donors (Lipinski definition) is 3. The van der Waals surface area contributed by atoms with Crippen molar-refractivity contribution in [1.29, 1.82) is 0 Å². The third kappa shape index (κ3) is 12.5. The number of ether oxygens (including phenoxy) is 1. The number of unbranched alkanes of at least 4 members (excludes halogenated alkanes) is 4. The van der Waals surface area contributed by atoms with Crippen molar-refractivity contribution >= 4 is 18.0 Å². The highest BCUT2D eigenvalue weighted by Gasteiger charge is 2.24. The van der Waals surface area contributed by atoms with E-state index in [1.54, 1.807) is 20.8 Å². The van der Waals surface area contributed by atoms with Crippen LogP contribution < -0.4 is 10.6 Å². The Morgan fingerprint density at radius 1 is 1.00 bits per heavy atom. The smallest absolute Gasteiger partial charge is 0.408 e. The normalized spacial score (nSPS) is 12.1. The summed E-state index contributed by atoms with van der Waals surface area (Å²) in [6, 6.07) is 8.78. The summed E-state index contributed by atoms with van der Waals surface area (Å²) < 4.78 is 5.28. The zero-order valence-corrected chi connectivity index (χ0v) is 17.7. The molecule has 1 rings (SSSR count). The molecule has 0 aliphatic heterocycles. The average molecular weight is 407 g/mol. The van der Waals surface area contributed by atoms with Crippen LogP contribution in [0.5, 0.6) is 0 Å². The van der Waals surface area contributed by atoms with Gasteiger partial charge in [0.05, 0.1) is 0 Å². The number of hydrogen-bond acceptors (Lipinski definition) is 4. The minimum atomic E-state index is -0.765. The zero-order chi connectivity index (χ0) is 21.7. The number of amides is 2. The fourth-order valence-electron chi connectivity index (χ4n) is 2.78. The van der Waals surface area contributed by atoms with Gasteiger partial charge in [-0.05, 0) is 39.2 Å². The molecule has 0 unspecified atom stereocenters. The molecule has 1 aromatic carbocycles. The van der Waals surface area contributed by atoms with Gasteiger partial charge in [0.15, 0.2) is 0 Å². The van der Waals surface area contributed by atoms with E-state index in [-0.39, 0.29) is 12.3 Å². The molecule has 3 N–H and O–H groups in total. The summed E-state index contributed by atoms with van der Waals surface area (Å²) in [5.74, 6) is -1.01. The lowest BCUT2D eigenvalue weighted by Gasteiger charge is -2.23. The van der Waals surface area contributed by atoms with Crippen LogP contribution in [0.25, 0.3) is 0 Å². The van der Waals surface area contributed by atoms with E-state index in [1.165, 1.54) is 0 Å². The van der Waals surface area contributed by atoms with E-state index in [2.05, 4.69) is 10.6 Å². The van der Waals surface area contributed by atoms with Crippen molar-refractivity contribution in [1.82, 2.24) is 10.6 Å². The van der Waals surface area contributed by atoms with Gasteiger partial charge in [0, 0.05) is 19.4 Å². The average Bonchev–Trinajstić information content (AvgIpc) is 2.62. The molecule has 0 saturated heterocycles. The van der Waals surface area contributed by atoms with Crippen LogP contribution in [0.1, 0.15) is 64.9 Å². The van der Waals surface area contributed by atoms with Gasteiger partial charge in [-0.15, -0.1) is 0 Å².